The highest BCUT2D eigenvalue weighted by Crippen LogP contribution is 2.42. The second-order valence-corrected chi connectivity index (χ2v) is 7.66. The number of hydrogen-bond acceptors (Lipinski definition) is 4. The number of benzene rings is 2. The van der Waals surface area contributed by atoms with Crippen LogP contribution in [0.3, 0.4) is 0 Å². The standard InChI is InChI=1S/C24H29FN2O4/c1-4-5-13-26-23(28)20-15-27(24(29)16-9-11-17(25)12-10-16)14-19(20)18-7-6-8-21(30-2)22(18)31-3/h6-12,19-20H,4-5,13-15H2,1-3H3,(H,26,28). The van der Waals surface area contributed by atoms with Gasteiger partial charge < -0.3 is 19.7 Å². The van der Waals surface area contributed by atoms with Crippen molar-refractivity contribution < 1.29 is 23.5 Å². The van der Waals surface area contributed by atoms with Crippen molar-refractivity contribution in [3.63, 3.8) is 0 Å². The van der Waals surface area contributed by atoms with Gasteiger partial charge in [-0.3, -0.25) is 9.59 Å². The van der Waals surface area contributed by atoms with E-state index in [0.717, 1.165) is 18.4 Å². The molecule has 2 atom stereocenters. The number of para-hydroxylation sites is 1. The molecule has 1 N–H and O–H groups in total. The second-order valence-electron chi connectivity index (χ2n) is 7.66. The van der Waals surface area contributed by atoms with E-state index in [1.807, 2.05) is 12.1 Å². The molecule has 2 aromatic carbocycles. The van der Waals surface area contributed by atoms with Gasteiger partial charge in [-0.25, -0.2) is 4.39 Å². The summed E-state index contributed by atoms with van der Waals surface area (Å²) in [7, 11) is 3.13. The lowest BCUT2D eigenvalue weighted by molar-refractivity contribution is -0.124. The third-order valence-corrected chi connectivity index (χ3v) is 5.70. The fraction of sp³-hybridized carbons (Fsp3) is 0.417. The van der Waals surface area contributed by atoms with E-state index >= 15 is 0 Å². The Morgan fingerprint density at radius 2 is 1.84 bits per heavy atom. The van der Waals surface area contributed by atoms with Gasteiger partial charge in [-0.15, -0.1) is 0 Å². The summed E-state index contributed by atoms with van der Waals surface area (Å²) >= 11 is 0. The number of ether oxygens (including phenoxy) is 2. The predicted octanol–water partition coefficient (Wildman–Crippen LogP) is 3.62. The van der Waals surface area contributed by atoms with Crippen molar-refractivity contribution in [2.75, 3.05) is 33.9 Å². The number of rotatable bonds is 8. The minimum atomic E-state index is -0.428. The maximum absolute atomic E-state index is 13.3. The molecule has 1 aliphatic heterocycles. The Kier molecular flexibility index (Phi) is 7.50. The maximum atomic E-state index is 13.3. The molecule has 1 aliphatic rings. The van der Waals surface area contributed by atoms with Crippen molar-refractivity contribution in [3.8, 4) is 11.5 Å². The Hall–Kier alpha value is -3.09. The summed E-state index contributed by atoms with van der Waals surface area (Å²) < 4.78 is 24.3. The summed E-state index contributed by atoms with van der Waals surface area (Å²) in [4.78, 5) is 27.7. The Morgan fingerprint density at radius 1 is 1.10 bits per heavy atom. The van der Waals surface area contributed by atoms with Crippen LogP contribution in [0, 0.1) is 11.7 Å². The van der Waals surface area contributed by atoms with Crippen LogP contribution in [0.25, 0.3) is 0 Å². The molecule has 7 heteroatoms. The summed E-state index contributed by atoms with van der Waals surface area (Å²) in [5.74, 6) is -0.247. The minimum Gasteiger partial charge on any atom is -0.493 e. The van der Waals surface area contributed by atoms with E-state index in [1.54, 1.807) is 25.2 Å². The van der Waals surface area contributed by atoms with Crippen LogP contribution in [-0.2, 0) is 4.79 Å². The Morgan fingerprint density at radius 3 is 2.48 bits per heavy atom. The number of methoxy groups -OCH3 is 2. The number of unbranched alkanes of at least 4 members (excludes halogenated alkanes) is 1. The Balaban J connectivity index is 1.91. The van der Waals surface area contributed by atoms with Crippen LogP contribution in [0.4, 0.5) is 4.39 Å². The predicted molar refractivity (Wildman–Crippen MR) is 116 cm³/mol. The smallest absolute Gasteiger partial charge is 0.253 e. The zero-order chi connectivity index (χ0) is 22.4. The van der Waals surface area contributed by atoms with Crippen LogP contribution in [0.5, 0.6) is 11.5 Å². The summed E-state index contributed by atoms with van der Waals surface area (Å²) in [6.07, 6.45) is 1.87. The van der Waals surface area contributed by atoms with Crippen LogP contribution >= 0.6 is 0 Å². The number of nitrogens with zero attached hydrogens (tertiary/aromatic N) is 1. The van der Waals surface area contributed by atoms with Gasteiger partial charge in [-0.2, -0.15) is 0 Å². The van der Waals surface area contributed by atoms with Crippen LogP contribution < -0.4 is 14.8 Å². The quantitative estimate of drug-likeness (QED) is 0.652. The van der Waals surface area contributed by atoms with Gasteiger partial charge >= 0.3 is 0 Å². The molecule has 1 saturated heterocycles. The summed E-state index contributed by atoms with van der Waals surface area (Å²) in [5.41, 5.74) is 1.22. The first-order valence-electron chi connectivity index (χ1n) is 10.5. The van der Waals surface area contributed by atoms with Crippen molar-refractivity contribution in [3.05, 3.63) is 59.4 Å². The number of carbonyl (C=O) groups excluding carboxylic acids is 2. The summed E-state index contributed by atoms with van der Waals surface area (Å²) in [5, 5.41) is 3.00. The van der Waals surface area contributed by atoms with E-state index in [-0.39, 0.29) is 24.3 Å². The number of carbonyl (C=O) groups is 2. The van der Waals surface area contributed by atoms with Gasteiger partial charge in [0, 0.05) is 36.7 Å². The lowest BCUT2D eigenvalue weighted by Crippen LogP contribution is -2.36. The van der Waals surface area contributed by atoms with Crippen LogP contribution in [0.15, 0.2) is 42.5 Å². The Labute approximate surface area is 182 Å². The highest BCUT2D eigenvalue weighted by atomic mass is 19.1. The molecule has 0 bridgehead atoms. The highest BCUT2D eigenvalue weighted by Gasteiger charge is 2.42. The SMILES string of the molecule is CCCCNC(=O)C1CN(C(=O)c2ccc(F)cc2)CC1c1cccc(OC)c1OC. The van der Waals surface area contributed by atoms with Crippen LogP contribution in [0.1, 0.15) is 41.6 Å². The number of hydrogen-bond donors (Lipinski definition) is 1. The van der Waals surface area contributed by atoms with Gasteiger partial charge in [0.25, 0.3) is 5.91 Å². The van der Waals surface area contributed by atoms with Gasteiger partial charge in [-0.1, -0.05) is 25.5 Å². The number of amides is 2. The van der Waals surface area contributed by atoms with E-state index in [2.05, 4.69) is 12.2 Å². The average molecular weight is 429 g/mol. The summed E-state index contributed by atoms with van der Waals surface area (Å²) in [6, 6.07) is 11.0. The molecule has 2 amide bonds. The lowest BCUT2D eigenvalue weighted by atomic mass is 9.87. The molecule has 6 nitrogen and oxygen atoms in total. The molecule has 31 heavy (non-hydrogen) atoms. The zero-order valence-corrected chi connectivity index (χ0v) is 18.2. The minimum absolute atomic E-state index is 0.0854. The first-order valence-corrected chi connectivity index (χ1v) is 10.5. The topological polar surface area (TPSA) is 67.9 Å². The van der Waals surface area contributed by atoms with Crippen molar-refractivity contribution in [2.24, 2.45) is 5.92 Å². The van der Waals surface area contributed by atoms with Gasteiger partial charge in [0.05, 0.1) is 20.1 Å². The van der Waals surface area contributed by atoms with Crippen LogP contribution in [0.2, 0.25) is 0 Å². The first-order chi connectivity index (χ1) is 15.0. The lowest BCUT2D eigenvalue weighted by Gasteiger charge is -2.21. The molecule has 0 aliphatic carbocycles. The average Bonchev–Trinajstić information content (AvgIpc) is 3.24. The zero-order valence-electron chi connectivity index (χ0n) is 18.2. The number of halogens is 1. The maximum Gasteiger partial charge on any atom is 0.253 e. The van der Waals surface area contributed by atoms with Gasteiger partial charge in [0.2, 0.25) is 5.91 Å². The molecule has 1 heterocycles. The summed E-state index contributed by atoms with van der Waals surface area (Å²) in [6.45, 7) is 3.29. The monoisotopic (exact) mass is 428 g/mol. The fourth-order valence-electron chi connectivity index (χ4n) is 4.05. The van der Waals surface area contributed by atoms with Gasteiger partial charge in [-0.05, 0) is 36.8 Å². The van der Waals surface area contributed by atoms with Gasteiger partial charge in [0.1, 0.15) is 5.82 Å². The Bertz CT molecular complexity index is 916. The van der Waals surface area contributed by atoms with E-state index in [0.29, 0.717) is 30.2 Å². The van der Waals surface area contributed by atoms with E-state index in [1.165, 1.54) is 24.3 Å². The van der Waals surface area contributed by atoms with Crippen molar-refractivity contribution >= 4 is 11.8 Å². The largest absolute Gasteiger partial charge is 0.493 e. The normalized spacial score (nSPS) is 18.0. The fourth-order valence-corrected chi connectivity index (χ4v) is 4.05. The highest BCUT2D eigenvalue weighted by molar-refractivity contribution is 5.95. The second kappa shape index (κ2) is 10.3. The molecule has 0 saturated carbocycles. The van der Waals surface area contributed by atoms with E-state index < -0.39 is 11.7 Å². The van der Waals surface area contributed by atoms with E-state index in [4.69, 9.17) is 9.47 Å². The molecular weight excluding hydrogens is 399 g/mol. The molecule has 0 radical (unpaired) electrons. The molecule has 2 unspecified atom stereocenters. The third kappa shape index (κ3) is 4.98. The molecule has 166 valence electrons. The molecule has 1 fully saturated rings. The third-order valence-electron chi connectivity index (χ3n) is 5.70. The van der Waals surface area contributed by atoms with Crippen molar-refractivity contribution in [1.82, 2.24) is 10.2 Å². The molecule has 2 aromatic rings. The molecule has 3 rings (SSSR count). The first kappa shape index (κ1) is 22.6. The van der Waals surface area contributed by atoms with Crippen molar-refractivity contribution in [2.45, 2.75) is 25.7 Å². The molecule has 0 spiro atoms. The van der Waals surface area contributed by atoms with Crippen molar-refractivity contribution in [1.29, 1.82) is 0 Å². The van der Waals surface area contributed by atoms with E-state index in [9.17, 15) is 14.0 Å². The molecule has 0 aromatic heterocycles. The molecular formula is C24H29FN2O4. The number of likely N-dealkylation sites (tertiary alicyclic amines) is 1. The van der Waals surface area contributed by atoms with Gasteiger partial charge in [0.15, 0.2) is 11.5 Å². The number of nitrogens with one attached hydrogen (secondary N) is 1. The van der Waals surface area contributed by atoms with Crippen LogP contribution in [-0.4, -0.2) is 50.6 Å².